The van der Waals surface area contributed by atoms with E-state index in [1.165, 1.54) is 30.2 Å². The van der Waals surface area contributed by atoms with Crippen molar-refractivity contribution in [1.29, 1.82) is 0 Å². The van der Waals surface area contributed by atoms with Crippen LogP contribution in [0.1, 0.15) is 37.5 Å². The van der Waals surface area contributed by atoms with E-state index in [1.807, 2.05) is 0 Å². The summed E-state index contributed by atoms with van der Waals surface area (Å²) in [5, 5.41) is 1.24. The maximum Gasteiger partial charge on any atom is 0.134 e. The number of rotatable bonds is 1. The highest BCUT2D eigenvalue weighted by atomic mass is 79.9. The molecule has 1 aliphatic rings. The van der Waals surface area contributed by atoms with E-state index in [4.69, 9.17) is 4.42 Å². The molecule has 1 fully saturated rings. The standard InChI is InChI=1S/C15H17BrO/c1-10-3-4-13-11(7-10)8-14(17-13)15(2)6-5-12(16)9-15/h3-4,7-8,12H,5-6,9H2,1-2H3. The van der Waals surface area contributed by atoms with Crippen LogP contribution in [-0.2, 0) is 5.41 Å². The minimum absolute atomic E-state index is 0.209. The van der Waals surface area contributed by atoms with E-state index in [0.717, 1.165) is 11.3 Å². The Kier molecular flexibility index (Phi) is 2.58. The lowest BCUT2D eigenvalue weighted by Crippen LogP contribution is -2.16. The van der Waals surface area contributed by atoms with Gasteiger partial charge in [0.1, 0.15) is 11.3 Å². The van der Waals surface area contributed by atoms with Crippen LogP contribution >= 0.6 is 15.9 Å². The number of benzene rings is 1. The van der Waals surface area contributed by atoms with Crippen molar-refractivity contribution in [2.24, 2.45) is 0 Å². The predicted octanol–water partition coefficient (Wildman–Crippen LogP) is 4.95. The van der Waals surface area contributed by atoms with E-state index in [0.29, 0.717) is 4.83 Å². The predicted molar refractivity (Wildman–Crippen MR) is 74.9 cm³/mol. The molecule has 0 saturated heterocycles. The van der Waals surface area contributed by atoms with Gasteiger partial charge >= 0.3 is 0 Å². The minimum Gasteiger partial charge on any atom is -0.460 e. The molecule has 2 aromatic rings. The average Bonchev–Trinajstić information content (AvgIpc) is 2.83. The molecule has 1 aromatic carbocycles. The maximum atomic E-state index is 6.04. The third-order valence-electron chi connectivity index (χ3n) is 3.95. The molecular formula is C15H17BrO. The third-order valence-corrected chi connectivity index (χ3v) is 4.73. The van der Waals surface area contributed by atoms with Crippen molar-refractivity contribution < 1.29 is 4.42 Å². The van der Waals surface area contributed by atoms with Crippen LogP contribution in [0.3, 0.4) is 0 Å². The Bertz CT molecular complexity index is 557. The number of furan rings is 1. The fourth-order valence-corrected chi connectivity index (χ4v) is 3.80. The summed E-state index contributed by atoms with van der Waals surface area (Å²) in [6.45, 7) is 4.44. The van der Waals surface area contributed by atoms with Gasteiger partial charge < -0.3 is 4.42 Å². The zero-order valence-electron chi connectivity index (χ0n) is 10.3. The molecule has 1 saturated carbocycles. The fraction of sp³-hybridized carbons (Fsp3) is 0.467. The van der Waals surface area contributed by atoms with Gasteiger partial charge in [-0.05, 0) is 44.4 Å². The smallest absolute Gasteiger partial charge is 0.134 e. The Morgan fingerprint density at radius 2 is 2.18 bits per heavy atom. The highest BCUT2D eigenvalue weighted by Gasteiger charge is 2.38. The number of aryl methyl sites for hydroxylation is 1. The first-order valence-corrected chi connectivity index (χ1v) is 7.13. The highest BCUT2D eigenvalue weighted by molar-refractivity contribution is 9.09. The molecule has 1 nitrogen and oxygen atoms in total. The topological polar surface area (TPSA) is 13.1 Å². The molecule has 0 bridgehead atoms. The Hall–Kier alpha value is -0.760. The zero-order valence-corrected chi connectivity index (χ0v) is 11.9. The summed E-state index contributed by atoms with van der Waals surface area (Å²) >= 11 is 3.72. The summed E-state index contributed by atoms with van der Waals surface area (Å²) in [5.74, 6) is 1.15. The summed E-state index contributed by atoms with van der Waals surface area (Å²) in [4.78, 5) is 0.641. The van der Waals surface area contributed by atoms with E-state index < -0.39 is 0 Å². The van der Waals surface area contributed by atoms with Gasteiger partial charge in [0.05, 0.1) is 0 Å². The summed E-state index contributed by atoms with van der Waals surface area (Å²) in [6.07, 6.45) is 3.63. The van der Waals surface area contributed by atoms with Crippen molar-refractivity contribution in [1.82, 2.24) is 0 Å². The van der Waals surface area contributed by atoms with Gasteiger partial charge in [-0.1, -0.05) is 34.5 Å². The Labute approximate surface area is 110 Å². The molecule has 0 N–H and O–H groups in total. The quantitative estimate of drug-likeness (QED) is 0.678. The monoisotopic (exact) mass is 292 g/mol. The van der Waals surface area contributed by atoms with Gasteiger partial charge in [-0.2, -0.15) is 0 Å². The first-order valence-electron chi connectivity index (χ1n) is 6.22. The Morgan fingerprint density at radius 1 is 1.35 bits per heavy atom. The second-order valence-corrected chi connectivity index (χ2v) is 6.85. The maximum absolute atomic E-state index is 6.04. The van der Waals surface area contributed by atoms with Crippen LogP contribution in [-0.4, -0.2) is 4.83 Å². The van der Waals surface area contributed by atoms with Crippen molar-refractivity contribution in [2.45, 2.75) is 43.4 Å². The van der Waals surface area contributed by atoms with Crippen LogP contribution in [0.15, 0.2) is 28.7 Å². The Balaban J connectivity index is 2.06. The third kappa shape index (κ3) is 1.93. The minimum atomic E-state index is 0.209. The molecule has 2 unspecified atom stereocenters. The summed E-state index contributed by atoms with van der Waals surface area (Å²) < 4.78 is 6.04. The lowest BCUT2D eigenvalue weighted by molar-refractivity contribution is 0.382. The number of fused-ring (bicyclic) bond motifs is 1. The molecule has 2 atom stereocenters. The molecule has 1 heterocycles. The van der Waals surface area contributed by atoms with Crippen LogP contribution < -0.4 is 0 Å². The molecular weight excluding hydrogens is 276 g/mol. The van der Waals surface area contributed by atoms with Gasteiger partial charge in [0, 0.05) is 15.6 Å². The molecule has 1 aromatic heterocycles. The number of hydrogen-bond donors (Lipinski definition) is 0. The molecule has 1 aliphatic carbocycles. The van der Waals surface area contributed by atoms with Gasteiger partial charge in [-0.25, -0.2) is 0 Å². The van der Waals surface area contributed by atoms with Gasteiger partial charge in [0.25, 0.3) is 0 Å². The van der Waals surface area contributed by atoms with E-state index in [9.17, 15) is 0 Å². The van der Waals surface area contributed by atoms with Gasteiger partial charge in [0.15, 0.2) is 0 Å². The SMILES string of the molecule is Cc1ccc2oc(C3(C)CCC(Br)C3)cc2c1. The normalized spacial score (nSPS) is 29.0. The van der Waals surface area contributed by atoms with E-state index in [2.05, 4.69) is 54.0 Å². The number of alkyl halides is 1. The summed E-state index contributed by atoms with van der Waals surface area (Å²) in [5.41, 5.74) is 2.52. The first-order chi connectivity index (χ1) is 8.07. The van der Waals surface area contributed by atoms with Crippen LogP contribution in [0.25, 0.3) is 11.0 Å². The molecule has 0 spiro atoms. The molecule has 90 valence electrons. The molecule has 3 rings (SSSR count). The molecule has 2 heteroatoms. The summed E-state index contributed by atoms with van der Waals surface area (Å²) in [7, 11) is 0. The second kappa shape index (κ2) is 3.88. The van der Waals surface area contributed by atoms with Crippen molar-refractivity contribution in [3.05, 3.63) is 35.6 Å². The molecule has 17 heavy (non-hydrogen) atoms. The van der Waals surface area contributed by atoms with E-state index in [1.54, 1.807) is 0 Å². The van der Waals surface area contributed by atoms with Gasteiger partial charge in [0.2, 0.25) is 0 Å². The van der Waals surface area contributed by atoms with E-state index >= 15 is 0 Å². The molecule has 0 aliphatic heterocycles. The van der Waals surface area contributed by atoms with Crippen molar-refractivity contribution >= 4 is 26.9 Å². The average molecular weight is 293 g/mol. The fourth-order valence-electron chi connectivity index (χ4n) is 2.85. The number of hydrogen-bond acceptors (Lipinski definition) is 1. The van der Waals surface area contributed by atoms with E-state index in [-0.39, 0.29) is 5.41 Å². The Morgan fingerprint density at radius 3 is 2.88 bits per heavy atom. The summed E-state index contributed by atoms with van der Waals surface area (Å²) in [6, 6.07) is 8.62. The van der Waals surface area contributed by atoms with Crippen molar-refractivity contribution in [3.8, 4) is 0 Å². The zero-order chi connectivity index (χ0) is 12.0. The van der Waals surface area contributed by atoms with Crippen LogP contribution in [0.4, 0.5) is 0 Å². The first kappa shape index (κ1) is 11.3. The number of halogens is 1. The van der Waals surface area contributed by atoms with Gasteiger partial charge in [-0.15, -0.1) is 0 Å². The van der Waals surface area contributed by atoms with Gasteiger partial charge in [-0.3, -0.25) is 0 Å². The van der Waals surface area contributed by atoms with Crippen LogP contribution in [0.2, 0.25) is 0 Å². The van der Waals surface area contributed by atoms with Crippen molar-refractivity contribution in [2.75, 3.05) is 0 Å². The second-order valence-electron chi connectivity index (χ2n) is 5.55. The lowest BCUT2D eigenvalue weighted by Gasteiger charge is -2.20. The molecule has 0 amide bonds. The van der Waals surface area contributed by atoms with Crippen LogP contribution in [0, 0.1) is 6.92 Å². The van der Waals surface area contributed by atoms with Crippen LogP contribution in [0.5, 0.6) is 0 Å². The highest BCUT2D eigenvalue weighted by Crippen LogP contribution is 2.45. The largest absolute Gasteiger partial charge is 0.460 e. The molecule has 0 radical (unpaired) electrons. The van der Waals surface area contributed by atoms with Crippen molar-refractivity contribution in [3.63, 3.8) is 0 Å². The lowest BCUT2D eigenvalue weighted by atomic mass is 9.86.